The fourth-order valence-electron chi connectivity index (χ4n) is 3.33. The molecule has 0 bridgehead atoms. The van der Waals surface area contributed by atoms with Crippen molar-refractivity contribution in [3.63, 3.8) is 0 Å². The first-order valence-electron chi connectivity index (χ1n) is 10.2. The number of imidazole rings is 1. The third kappa shape index (κ3) is 5.16. The highest BCUT2D eigenvalue weighted by atomic mass is 32.2. The number of carbonyl (C=O) groups is 1. The monoisotopic (exact) mass is 462 g/mol. The van der Waals surface area contributed by atoms with Gasteiger partial charge in [0.1, 0.15) is 15.8 Å². The van der Waals surface area contributed by atoms with E-state index in [1.54, 1.807) is 12.1 Å². The van der Waals surface area contributed by atoms with Crippen molar-refractivity contribution in [3.8, 4) is 11.8 Å². The van der Waals surface area contributed by atoms with Gasteiger partial charge in [-0.15, -0.1) is 11.3 Å². The van der Waals surface area contributed by atoms with Crippen LogP contribution in [0.25, 0.3) is 11.0 Å². The number of carbonyl (C=O) groups excluding carboxylic acids is 1. The lowest BCUT2D eigenvalue weighted by atomic mass is 10.0. The Kier molecular flexibility index (Phi) is 6.26. The lowest BCUT2D eigenvalue weighted by molar-refractivity contribution is -0.120. The van der Waals surface area contributed by atoms with Crippen LogP contribution in [0.5, 0.6) is 0 Å². The number of nitrogens with one attached hydrogen (secondary N) is 1. The van der Waals surface area contributed by atoms with Crippen molar-refractivity contribution in [2.24, 2.45) is 5.92 Å². The maximum absolute atomic E-state index is 13.0. The number of sulfone groups is 1. The number of Topliss-reactive ketones (excluding diaryl/α,β-unsaturated/α-hetero) is 1. The molecule has 0 saturated heterocycles. The van der Waals surface area contributed by atoms with Crippen molar-refractivity contribution >= 4 is 38.0 Å². The highest BCUT2D eigenvalue weighted by Crippen LogP contribution is 2.25. The molecular weight excluding hydrogens is 440 g/mol. The summed E-state index contributed by atoms with van der Waals surface area (Å²) in [7, 11) is -3.63. The summed E-state index contributed by atoms with van der Waals surface area (Å²) < 4.78 is 26.3. The molecule has 5 nitrogen and oxygen atoms in total. The number of hydrogen-bond donors (Lipinski definition) is 1. The van der Waals surface area contributed by atoms with E-state index in [1.807, 2.05) is 55.5 Å². The minimum absolute atomic E-state index is 0.176. The summed E-state index contributed by atoms with van der Waals surface area (Å²) in [6, 6.07) is 18.7. The van der Waals surface area contributed by atoms with Crippen LogP contribution in [-0.4, -0.2) is 29.9 Å². The van der Waals surface area contributed by atoms with Gasteiger partial charge in [-0.3, -0.25) is 4.79 Å². The number of benzene rings is 2. The Balaban J connectivity index is 1.50. The summed E-state index contributed by atoms with van der Waals surface area (Å²) in [6.45, 7) is 3.44. The van der Waals surface area contributed by atoms with Gasteiger partial charge in [-0.1, -0.05) is 41.7 Å². The van der Waals surface area contributed by atoms with Crippen LogP contribution in [0.15, 0.2) is 64.9 Å². The normalized spacial score (nSPS) is 12.3. The fraction of sp³-hybridized carbons (Fsp3) is 0.200. The van der Waals surface area contributed by atoms with Gasteiger partial charge in [0.2, 0.25) is 0 Å². The average molecular weight is 463 g/mol. The Morgan fingerprint density at radius 1 is 1.06 bits per heavy atom. The predicted molar refractivity (Wildman–Crippen MR) is 127 cm³/mol. The number of aryl methyl sites for hydroxylation is 1. The molecule has 0 radical (unpaired) electrons. The zero-order chi connectivity index (χ0) is 22.7. The number of H-pyrrole nitrogens is 1. The smallest absolute Gasteiger partial charge is 0.188 e. The molecule has 0 aliphatic heterocycles. The number of hydrogen-bond acceptors (Lipinski definition) is 5. The third-order valence-corrected chi connectivity index (χ3v) is 8.54. The van der Waals surface area contributed by atoms with Gasteiger partial charge in [-0.05, 0) is 50.2 Å². The quantitative estimate of drug-likeness (QED) is 0.426. The first-order chi connectivity index (χ1) is 15.3. The minimum atomic E-state index is -3.63. The van der Waals surface area contributed by atoms with Crippen LogP contribution in [0, 0.1) is 24.7 Å². The molecule has 0 aliphatic carbocycles. The molecule has 0 unspecified atom stereocenters. The summed E-state index contributed by atoms with van der Waals surface area (Å²) in [6.07, 6.45) is 0.245. The van der Waals surface area contributed by atoms with Gasteiger partial charge < -0.3 is 4.98 Å². The van der Waals surface area contributed by atoms with E-state index >= 15 is 0 Å². The van der Waals surface area contributed by atoms with Crippen molar-refractivity contribution in [2.45, 2.75) is 24.5 Å². The van der Waals surface area contributed by atoms with Gasteiger partial charge >= 0.3 is 0 Å². The number of nitrogens with zero attached hydrogens (tertiary/aromatic N) is 1. The molecule has 32 heavy (non-hydrogen) atoms. The summed E-state index contributed by atoms with van der Waals surface area (Å²) in [5.41, 5.74) is 3.68. The molecule has 4 aromatic rings. The number of ketones is 1. The maximum Gasteiger partial charge on any atom is 0.188 e. The van der Waals surface area contributed by atoms with Crippen molar-refractivity contribution in [2.75, 3.05) is 5.75 Å². The molecule has 1 N–H and O–H groups in total. The molecule has 0 fully saturated rings. The Labute approximate surface area is 191 Å². The van der Waals surface area contributed by atoms with E-state index in [9.17, 15) is 13.2 Å². The lowest BCUT2D eigenvalue weighted by Crippen LogP contribution is -2.24. The molecule has 0 saturated carbocycles. The molecule has 0 spiro atoms. The van der Waals surface area contributed by atoms with Crippen molar-refractivity contribution in [1.29, 1.82) is 0 Å². The van der Waals surface area contributed by atoms with Crippen molar-refractivity contribution in [1.82, 2.24) is 9.97 Å². The maximum atomic E-state index is 13.0. The van der Waals surface area contributed by atoms with Crippen molar-refractivity contribution < 1.29 is 13.2 Å². The summed E-state index contributed by atoms with van der Waals surface area (Å²) in [5.74, 6) is 5.58. The van der Waals surface area contributed by atoms with E-state index in [2.05, 4.69) is 21.8 Å². The molecule has 2 aromatic carbocycles. The Bertz CT molecular complexity index is 1400. The van der Waals surface area contributed by atoms with Gasteiger partial charge in [0.05, 0.1) is 21.7 Å². The van der Waals surface area contributed by atoms with Crippen LogP contribution in [0.2, 0.25) is 0 Å². The average Bonchev–Trinajstić information content (AvgIpc) is 3.39. The van der Waals surface area contributed by atoms with Gasteiger partial charge in [-0.2, -0.15) is 0 Å². The lowest BCUT2D eigenvalue weighted by Gasteiger charge is -2.12. The highest BCUT2D eigenvalue weighted by molar-refractivity contribution is 7.93. The predicted octanol–water partition coefficient (Wildman–Crippen LogP) is 4.55. The fourth-order valence-corrected chi connectivity index (χ4v) is 6.22. The number of thiophene rings is 1. The summed E-state index contributed by atoms with van der Waals surface area (Å²) in [4.78, 5) is 20.6. The van der Waals surface area contributed by atoms with E-state index in [-0.39, 0.29) is 22.2 Å². The second-order valence-corrected chi connectivity index (χ2v) is 11.1. The zero-order valence-corrected chi connectivity index (χ0v) is 19.4. The number of aromatic nitrogens is 2. The van der Waals surface area contributed by atoms with Gasteiger partial charge in [0, 0.05) is 17.9 Å². The molecule has 2 aromatic heterocycles. The molecule has 4 rings (SSSR count). The number of rotatable bonds is 6. The molecule has 0 aliphatic rings. The summed E-state index contributed by atoms with van der Waals surface area (Å²) in [5, 5.41) is 0. The van der Waals surface area contributed by atoms with Gasteiger partial charge in [0.15, 0.2) is 9.84 Å². The minimum Gasteiger partial charge on any atom is -0.342 e. The number of para-hydroxylation sites is 2. The van der Waals surface area contributed by atoms with Crippen LogP contribution in [0.4, 0.5) is 0 Å². The molecule has 162 valence electrons. The third-order valence-electron chi connectivity index (χ3n) is 5.14. The molecule has 7 heteroatoms. The van der Waals surface area contributed by atoms with Crippen LogP contribution < -0.4 is 0 Å². The largest absolute Gasteiger partial charge is 0.342 e. The SMILES string of the molecule is CC(=O)[C@H](Cc1nc2ccccc2[nH]1)CS(=O)(=O)c1ccc(C#Cc2ccc(C)cc2)s1. The molecule has 0 amide bonds. The van der Waals surface area contributed by atoms with E-state index in [4.69, 9.17) is 0 Å². The van der Waals surface area contributed by atoms with E-state index in [1.165, 1.54) is 6.92 Å². The van der Waals surface area contributed by atoms with Crippen molar-refractivity contribution in [3.05, 3.63) is 82.5 Å². The number of fused-ring (bicyclic) bond motifs is 1. The highest BCUT2D eigenvalue weighted by Gasteiger charge is 2.27. The van der Waals surface area contributed by atoms with Crippen LogP contribution >= 0.6 is 11.3 Å². The summed E-state index contributed by atoms with van der Waals surface area (Å²) >= 11 is 1.13. The Morgan fingerprint density at radius 2 is 1.81 bits per heavy atom. The standard InChI is InChI=1S/C25H22N2O3S2/c1-17-7-9-19(10-8-17)11-12-21-13-14-25(31-21)32(29,30)16-20(18(2)28)15-24-26-22-5-3-4-6-23(22)27-24/h3-10,13-14,20H,15-16H2,1-2H3,(H,26,27)/t20-/m1/s1. The topological polar surface area (TPSA) is 79.9 Å². The molecular formula is C25H22N2O3S2. The molecule has 1 atom stereocenters. The second kappa shape index (κ2) is 9.11. The first kappa shape index (κ1) is 22.0. The second-order valence-electron chi connectivity index (χ2n) is 7.73. The van der Waals surface area contributed by atoms with E-state index in [0.717, 1.165) is 33.5 Å². The Morgan fingerprint density at radius 3 is 2.53 bits per heavy atom. The van der Waals surface area contributed by atoms with Gasteiger partial charge in [-0.25, -0.2) is 13.4 Å². The van der Waals surface area contributed by atoms with Gasteiger partial charge in [0.25, 0.3) is 0 Å². The first-order valence-corrected chi connectivity index (χ1v) is 12.6. The Hall–Kier alpha value is -3.21. The number of aromatic amines is 1. The van der Waals surface area contributed by atoms with Crippen LogP contribution in [0.1, 0.15) is 28.8 Å². The van der Waals surface area contributed by atoms with Crippen LogP contribution in [0.3, 0.4) is 0 Å². The van der Waals surface area contributed by atoms with Crippen LogP contribution in [-0.2, 0) is 21.1 Å². The van der Waals surface area contributed by atoms with E-state index < -0.39 is 15.8 Å². The van der Waals surface area contributed by atoms with E-state index in [0.29, 0.717) is 10.7 Å². The molecule has 2 heterocycles. The zero-order valence-electron chi connectivity index (χ0n) is 17.8.